The zero-order chi connectivity index (χ0) is 20.9. The SMILES string of the molecule is Cc1cc(C(=O)Nc2cccc(Nc3ccccc3)c2)n(-c2cccc(C#N)c2)n1. The summed E-state index contributed by atoms with van der Waals surface area (Å²) >= 11 is 0. The molecule has 1 amide bonds. The molecule has 0 aliphatic carbocycles. The average molecular weight is 393 g/mol. The summed E-state index contributed by atoms with van der Waals surface area (Å²) in [6, 6.07) is 28.2. The van der Waals surface area contributed by atoms with Crippen LogP contribution in [0.4, 0.5) is 17.1 Å². The molecule has 146 valence electrons. The maximum atomic E-state index is 13.0. The maximum Gasteiger partial charge on any atom is 0.274 e. The van der Waals surface area contributed by atoms with Gasteiger partial charge in [-0.05, 0) is 61.5 Å². The number of hydrogen-bond donors (Lipinski definition) is 2. The molecule has 0 fully saturated rings. The topological polar surface area (TPSA) is 82.7 Å². The Morgan fingerprint density at radius 2 is 1.63 bits per heavy atom. The second kappa shape index (κ2) is 8.33. The van der Waals surface area contributed by atoms with Gasteiger partial charge in [0.2, 0.25) is 0 Å². The van der Waals surface area contributed by atoms with Crippen LogP contribution in [0.2, 0.25) is 0 Å². The fourth-order valence-electron chi connectivity index (χ4n) is 3.12. The van der Waals surface area contributed by atoms with E-state index in [4.69, 9.17) is 5.26 Å². The van der Waals surface area contributed by atoms with Crippen molar-refractivity contribution >= 4 is 23.0 Å². The van der Waals surface area contributed by atoms with Crippen LogP contribution >= 0.6 is 0 Å². The van der Waals surface area contributed by atoms with Crippen molar-refractivity contribution in [1.82, 2.24) is 9.78 Å². The highest BCUT2D eigenvalue weighted by atomic mass is 16.2. The Morgan fingerprint density at radius 1 is 0.900 bits per heavy atom. The fraction of sp³-hybridized carbons (Fsp3) is 0.0417. The molecule has 2 N–H and O–H groups in total. The number of benzene rings is 3. The second-order valence-electron chi connectivity index (χ2n) is 6.77. The third-order valence-corrected chi connectivity index (χ3v) is 4.47. The number of carbonyl (C=O) groups is 1. The Labute approximate surface area is 174 Å². The van der Waals surface area contributed by atoms with Crippen LogP contribution in [0.5, 0.6) is 0 Å². The molecule has 1 heterocycles. The molecule has 30 heavy (non-hydrogen) atoms. The van der Waals surface area contributed by atoms with E-state index < -0.39 is 0 Å². The Morgan fingerprint density at radius 3 is 2.43 bits per heavy atom. The van der Waals surface area contributed by atoms with Gasteiger partial charge in [0.25, 0.3) is 5.91 Å². The molecule has 4 rings (SSSR count). The van der Waals surface area contributed by atoms with E-state index in [2.05, 4.69) is 21.8 Å². The number of nitrogens with one attached hydrogen (secondary N) is 2. The van der Waals surface area contributed by atoms with Crippen molar-refractivity contribution in [3.05, 3.63) is 102 Å². The lowest BCUT2D eigenvalue weighted by Gasteiger charge is -2.11. The Bertz CT molecular complexity index is 1240. The zero-order valence-corrected chi connectivity index (χ0v) is 16.3. The highest BCUT2D eigenvalue weighted by Gasteiger charge is 2.16. The molecule has 0 saturated heterocycles. The molecular weight excluding hydrogens is 374 g/mol. The molecule has 0 unspecified atom stereocenters. The number of para-hydroxylation sites is 1. The van der Waals surface area contributed by atoms with Crippen LogP contribution in [0, 0.1) is 18.3 Å². The maximum absolute atomic E-state index is 13.0. The zero-order valence-electron chi connectivity index (χ0n) is 16.3. The molecule has 0 bridgehead atoms. The largest absolute Gasteiger partial charge is 0.355 e. The summed E-state index contributed by atoms with van der Waals surface area (Å²) in [5.74, 6) is -0.283. The quantitative estimate of drug-likeness (QED) is 0.497. The van der Waals surface area contributed by atoms with Crippen LogP contribution in [0.15, 0.2) is 84.9 Å². The molecule has 0 spiro atoms. The summed E-state index contributed by atoms with van der Waals surface area (Å²) in [5, 5.41) is 19.8. The van der Waals surface area contributed by atoms with E-state index in [0.29, 0.717) is 28.3 Å². The smallest absolute Gasteiger partial charge is 0.274 e. The highest BCUT2D eigenvalue weighted by Crippen LogP contribution is 2.21. The molecular formula is C24H19N5O. The molecule has 0 aliphatic heterocycles. The Balaban J connectivity index is 1.58. The monoisotopic (exact) mass is 393 g/mol. The first-order valence-corrected chi connectivity index (χ1v) is 9.43. The summed E-state index contributed by atoms with van der Waals surface area (Å²) in [6.07, 6.45) is 0. The molecule has 0 aliphatic rings. The molecule has 6 heteroatoms. The number of anilines is 3. The van der Waals surface area contributed by atoms with Gasteiger partial charge in [-0.2, -0.15) is 10.4 Å². The predicted octanol–water partition coefficient (Wildman–Crippen LogP) is 5.05. The molecule has 6 nitrogen and oxygen atoms in total. The van der Waals surface area contributed by atoms with E-state index in [1.54, 1.807) is 28.9 Å². The van der Waals surface area contributed by atoms with Crippen molar-refractivity contribution in [2.75, 3.05) is 10.6 Å². The third-order valence-electron chi connectivity index (χ3n) is 4.47. The number of rotatable bonds is 5. The van der Waals surface area contributed by atoms with Gasteiger partial charge in [-0.1, -0.05) is 30.3 Å². The van der Waals surface area contributed by atoms with Gasteiger partial charge in [-0.15, -0.1) is 0 Å². The number of amides is 1. The van der Waals surface area contributed by atoms with E-state index in [9.17, 15) is 4.79 Å². The summed E-state index contributed by atoms with van der Waals surface area (Å²) in [5.41, 5.74) is 4.76. The van der Waals surface area contributed by atoms with Crippen LogP contribution in [-0.4, -0.2) is 15.7 Å². The van der Waals surface area contributed by atoms with Gasteiger partial charge >= 0.3 is 0 Å². The minimum Gasteiger partial charge on any atom is -0.355 e. The number of aromatic nitrogens is 2. The van der Waals surface area contributed by atoms with E-state index in [1.807, 2.05) is 67.6 Å². The van der Waals surface area contributed by atoms with Gasteiger partial charge in [-0.3, -0.25) is 4.79 Å². The van der Waals surface area contributed by atoms with Crippen LogP contribution < -0.4 is 10.6 Å². The summed E-state index contributed by atoms with van der Waals surface area (Å²) in [4.78, 5) is 13.0. The first-order valence-electron chi connectivity index (χ1n) is 9.43. The van der Waals surface area contributed by atoms with E-state index in [-0.39, 0.29) is 5.91 Å². The minimum absolute atomic E-state index is 0.283. The van der Waals surface area contributed by atoms with E-state index >= 15 is 0 Å². The standard InChI is InChI=1S/C24H19N5O/c1-17-13-23(29(28-17)22-12-5-7-18(14-22)16-25)24(30)27-21-11-6-10-20(15-21)26-19-8-3-2-4-9-19/h2-15,26H,1H3,(H,27,30). The molecule has 0 radical (unpaired) electrons. The predicted molar refractivity (Wildman–Crippen MR) is 117 cm³/mol. The van der Waals surface area contributed by atoms with Crippen molar-refractivity contribution in [2.24, 2.45) is 0 Å². The third kappa shape index (κ3) is 4.21. The lowest BCUT2D eigenvalue weighted by atomic mass is 10.2. The van der Waals surface area contributed by atoms with Crippen LogP contribution in [-0.2, 0) is 0 Å². The molecule has 3 aromatic carbocycles. The highest BCUT2D eigenvalue weighted by molar-refractivity contribution is 6.03. The number of nitrogens with zero attached hydrogens (tertiary/aromatic N) is 3. The first kappa shape index (κ1) is 19.0. The number of hydrogen-bond acceptors (Lipinski definition) is 4. The van der Waals surface area contributed by atoms with E-state index in [1.165, 1.54) is 0 Å². The molecule has 1 aromatic heterocycles. The van der Waals surface area contributed by atoms with Crippen LogP contribution in [0.1, 0.15) is 21.7 Å². The lowest BCUT2D eigenvalue weighted by molar-refractivity contribution is 0.101. The summed E-state index contributed by atoms with van der Waals surface area (Å²) in [7, 11) is 0. The number of aryl methyl sites for hydroxylation is 1. The molecule has 0 saturated carbocycles. The first-order chi connectivity index (χ1) is 14.6. The van der Waals surface area contributed by atoms with Crippen molar-refractivity contribution < 1.29 is 4.79 Å². The van der Waals surface area contributed by atoms with Crippen molar-refractivity contribution in [3.63, 3.8) is 0 Å². The van der Waals surface area contributed by atoms with Gasteiger partial charge in [0.05, 0.1) is 23.0 Å². The fourth-order valence-corrected chi connectivity index (χ4v) is 3.12. The summed E-state index contributed by atoms with van der Waals surface area (Å²) in [6.45, 7) is 1.83. The van der Waals surface area contributed by atoms with Gasteiger partial charge < -0.3 is 10.6 Å². The van der Waals surface area contributed by atoms with Gasteiger partial charge in [0.1, 0.15) is 5.69 Å². The van der Waals surface area contributed by atoms with Crippen molar-refractivity contribution in [1.29, 1.82) is 5.26 Å². The van der Waals surface area contributed by atoms with Gasteiger partial charge in [0, 0.05) is 17.1 Å². The van der Waals surface area contributed by atoms with E-state index in [0.717, 1.165) is 11.4 Å². The molecule has 0 atom stereocenters. The number of nitriles is 1. The summed E-state index contributed by atoms with van der Waals surface area (Å²) < 4.78 is 1.55. The average Bonchev–Trinajstić information content (AvgIpc) is 3.17. The lowest BCUT2D eigenvalue weighted by Crippen LogP contribution is -2.17. The Kier molecular flexibility index (Phi) is 5.27. The van der Waals surface area contributed by atoms with Crippen LogP contribution in [0.3, 0.4) is 0 Å². The van der Waals surface area contributed by atoms with Gasteiger partial charge in [0.15, 0.2) is 0 Å². The van der Waals surface area contributed by atoms with Crippen LogP contribution in [0.25, 0.3) is 5.69 Å². The Hall–Kier alpha value is -4.37. The van der Waals surface area contributed by atoms with Crippen molar-refractivity contribution in [3.8, 4) is 11.8 Å². The van der Waals surface area contributed by atoms with Crippen molar-refractivity contribution in [2.45, 2.75) is 6.92 Å². The minimum atomic E-state index is -0.283. The molecule has 4 aromatic rings. The normalized spacial score (nSPS) is 10.3. The van der Waals surface area contributed by atoms with Gasteiger partial charge in [-0.25, -0.2) is 4.68 Å². The number of carbonyl (C=O) groups excluding carboxylic acids is 1. The second-order valence-corrected chi connectivity index (χ2v) is 6.77.